The van der Waals surface area contributed by atoms with E-state index in [0.717, 1.165) is 25.8 Å². The molecule has 0 aromatic heterocycles. The van der Waals surface area contributed by atoms with Gasteiger partial charge in [0.1, 0.15) is 0 Å². The summed E-state index contributed by atoms with van der Waals surface area (Å²) in [6, 6.07) is 12.6. The van der Waals surface area contributed by atoms with E-state index in [2.05, 4.69) is 55.6 Å². The third-order valence-electron chi connectivity index (χ3n) is 6.34. The molecular weight excluding hydrogens is 370 g/mol. The largest absolute Gasteiger partial charge is 0.309 e. The van der Waals surface area contributed by atoms with Gasteiger partial charge in [-0.25, -0.2) is 0 Å². The van der Waals surface area contributed by atoms with E-state index in [1.807, 2.05) is 12.1 Å². The Bertz CT molecular complexity index is 1010. The second-order valence-electron chi connectivity index (χ2n) is 8.84. The van der Waals surface area contributed by atoms with Crippen LogP contribution in [0.25, 0.3) is 16.8 Å². The zero-order valence-electron chi connectivity index (χ0n) is 16.6. The van der Waals surface area contributed by atoms with Gasteiger partial charge < -0.3 is 5.32 Å². The summed E-state index contributed by atoms with van der Waals surface area (Å²) < 4.78 is 33.9. The van der Waals surface area contributed by atoms with Crippen LogP contribution in [0, 0.1) is 11.8 Å². The number of rotatable bonds is 5. The van der Waals surface area contributed by atoms with E-state index >= 15 is 0 Å². The monoisotopic (exact) mass is 399 g/mol. The highest BCUT2D eigenvalue weighted by molar-refractivity contribution is 7.85. The van der Waals surface area contributed by atoms with E-state index in [0.29, 0.717) is 5.92 Å². The Morgan fingerprint density at radius 1 is 1.21 bits per heavy atom. The van der Waals surface area contributed by atoms with Crippen molar-refractivity contribution in [2.75, 3.05) is 12.3 Å². The van der Waals surface area contributed by atoms with Crippen LogP contribution >= 0.6 is 0 Å². The van der Waals surface area contributed by atoms with Crippen LogP contribution in [-0.4, -0.2) is 30.8 Å². The van der Waals surface area contributed by atoms with E-state index in [-0.39, 0.29) is 17.6 Å². The van der Waals surface area contributed by atoms with Gasteiger partial charge in [-0.2, -0.15) is 8.42 Å². The first-order chi connectivity index (χ1) is 13.3. The molecule has 2 aliphatic rings. The molecule has 28 heavy (non-hydrogen) atoms. The molecule has 3 unspecified atom stereocenters. The molecule has 1 saturated carbocycles. The molecule has 0 radical (unpaired) electrons. The molecule has 1 fully saturated rings. The first kappa shape index (κ1) is 19.6. The van der Waals surface area contributed by atoms with Gasteiger partial charge >= 0.3 is 0 Å². The summed E-state index contributed by atoms with van der Waals surface area (Å²) in [4.78, 5) is 0. The number of hydrogen-bond acceptors (Lipinski definition) is 3. The fourth-order valence-electron chi connectivity index (χ4n) is 5.25. The van der Waals surface area contributed by atoms with E-state index in [9.17, 15) is 13.0 Å². The summed E-state index contributed by atoms with van der Waals surface area (Å²) in [7, 11) is -4.11. The van der Waals surface area contributed by atoms with Gasteiger partial charge in [0.15, 0.2) is 0 Å². The average Bonchev–Trinajstić information content (AvgIpc) is 2.64. The van der Waals surface area contributed by atoms with Crippen LogP contribution in [0.15, 0.2) is 42.5 Å². The highest BCUT2D eigenvalue weighted by Crippen LogP contribution is 2.50. The summed E-state index contributed by atoms with van der Waals surface area (Å²) in [5.74, 6) is 0.470. The average molecular weight is 400 g/mol. The Labute approximate surface area is 167 Å². The number of allylic oxidation sites excluding steroid dienone is 1. The van der Waals surface area contributed by atoms with Crippen molar-refractivity contribution in [3.63, 3.8) is 0 Å². The van der Waals surface area contributed by atoms with Crippen molar-refractivity contribution >= 4 is 27.0 Å². The zero-order valence-corrected chi connectivity index (χ0v) is 17.4. The van der Waals surface area contributed by atoms with Crippen LogP contribution in [0.1, 0.15) is 50.2 Å². The van der Waals surface area contributed by atoms with Gasteiger partial charge in [0, 0.05) is 11.5 Å². The summed E-state index contributed by atoms with van der Waals surface area (Å²) in [5.41, 5.74) is 1.74. The predicted molar refractivity (Wildman–Crippen MR) is 115 cm³/mol. The van der Waals surface area contributed by atoms with Crippen molar-refractivity contribution in [2.24, 2.45) is 11.8 Å². The second-order valence-corrected chi connectivity index (χ2v) is 10.3. The quantitative estimate of drug-likeness (QED) is 0.720. The topological polar surface area (TPSA) is 66.4 Å². The second kappa shape index (κ2) is 7.29. The van der Waals surface area contributed by atoms with Gasteiger partial charge in [-0.1, -0.05) is 68.8 Å². The molecule has 150 valence electrons. The third-order valence-corrected chi connectivity index (χ3v) is 7.22. The van der Waals surface area contributed by atoms with Gasteiger partial charge in [-0.15, -0.1) is 0 Å². The predicted octanol–water partition coefficient (Wildman–Crippen LogP) is 4.62. The van der Waals surface area contributed by atoms with E-state index in [4.69, 9.17) is 0 Å². The number of hydrogen-bond donors (Lipinski definition) is 2. The van der Waals surface area contributed by atoms with Gasteiger partial charge in [0.25, 0.3) is 10.1 Å². The van der Waals surface area contributed by atoms with Crippen LogP contribution in [0.5, 0.6) is 0 Å². The van der Waals surface area contributed by atoms with Crippen molar-refractivity contribution in [3.8, 4) is 0 Å². The number of nitrogens with one attached hydrogen (secondary N) is 1. The molecule has 0 heterocycles. The fourth-order valence-corrected chi connectivity index (χ4v) is 6.33. The fraction of sp³-hybridized carbons (Fsp3) is 0.478. The third kappa shape index (κ3) is 3.63. The Morgan fingerprint density at radius 3 is 2.75 bits per heavy atom. The Balaban J connectivity index is 1.88. The Hall–Kier alpha value is -1.69. The molecular formula is C23H29NO3S. The van der Waals surface area contributed by atoms with Crippen molar-refractivity contribution in [2.45, 2.75) is 44.6 Å². The van der Waals surface area contributed by atoms with Gasteiger partial charge in [0.05, 0.1) is 5.75 Å². The van der Waals surface area contributed by atoms with Crippen molar-refractivity contribution < 1.29 is 13.0 Å². The first-order valence-electron chi connectivity index (χ1n) is 10.2. The maximum absolute atomic E-state index is 12.0. The van der Waals surface area contributed by atoms with Crippen molar-refractivity contribution in [1.29, 1.82) is 0 Å². The zero-order chi connectivity index (χ0) is 19.9. The van der Waals surface area contributed by atoms with Crippen molar-refractivity contribution in [1.82, 2.24) is 5.32 Å². The van der Waals surface area contributed by atoms with Crippen LogP contribution in [0.2, 0.25) is 0 Å². The first-order valence-corrected chi connectivity index (χ1v) is 11.8. The lowest BCUT2D eigenvalue weighted by atomic mass is 9.61. The summed E-state index contributed by atoms with van der Waals surface area (Å²) >= 11 is 0. The van der Waals surface area contributed by atoms with Crippen molar-refractivity contribution in [3.05, 3.63) is 53.6 Å². The SMILES string of the molecule is CC(C)CNC1(CS(=O)(=O)O)CCCC2C=Cc3c(ccc4ccccc34)C21. The standard InChI is InChI=1S/C23H29NO3S/c1-16(2)14-24-23(15-28(25,26)27)13-5-7-18-10-11-20-19-8-4-3-6-17(19)9-12-21(20)22(18)23/h3-4,6,8-12,16,18,22,24H,5,7,13-15H2,1-2H3,(H,25,26,27). The minimum absolute atomic E-state index is 0.0338. The van der Waals surface area contributed by atoms with Gasteiger partial charge in [-0.3, -0.25) is 4.55 Å². The molecule has 3 atom stereocenters. The number of benzene rings is 2. The molecule has 2 aliphatic carbocycles. The Kier molecular flexibility index (Phi) is 5.10. The Morgan fingerprint density at radius 2 is 2.00 bits per heavy atom. The lowest BCUT2D eigenvalue weighted by Crippen LogP contribution is -2.59. The van der Waals surface area contributed by atoms with E-state index < -0.39 is 15.7 Å². The minimum Gasteiger partial charge on any atom is -0.309 e. The smallest absolute Gasteiger partial charge is 0.266 e. The molecule has 2 N–H and O–H groups in total. The maximum Gasteiger partial charge on any atom is 0.266 e. The maximum atomic E-state index is 12.0. The lowest BCUT2D eigenvalue weighted by Gasteiger charge is -2.50. The molecule has 4 nitrogen and oxygen atoms in total. The van der Waals surface area contributed by atoms with Crippen LogP contribution in [0.4, 0.5) is 0 Å². The highest BCUT2D eigenvalue weighted by atomic mass is 32.2. The molecule has 2 aromatic carbocycles. The summed E-state index contributed by atoms with van der Waals surface area (Å²) in [5, 5.41) is 6.00. The summed E-state index contributed by atoms with van der Waals surface area (Å²) in [6.45, 7) is 4.97. The van der Waals surface area contributed by atoms with Gasteiger partial charge in [-0.05, 0) is 53.1 Å². The molecule has 0 bridgehead atoms. The van der Waals surface area contributed by atoms with Gasteiger partial charge in [0.2, 0.25) is 0 Å². The number of fused-ring (bicyclic) bond motifs is 5. The molecule has 0 aliphatic heterocycles. The van der Waals surface area contributed by atoms with Crippen LogP contribution in [0.3, 0.4) is 0 Å². The normalized spacial score (nSPS) is 27.0. The lowest BCUT2D eigenvalue weighted by molar-refractivity contribution is 0.172. The molecule has 0 amide bonds. The molecule has 2 aromatic rings. The van der Waals surface area contributed by atoms with E-state index in [1.54, 1.807) is 0 Å². The van der Waals surface area contributed by atoms with Crippen LogP contribution < -0.4 is 5.32 Å². The van der Waals surface area contributed by atoms with Crippen LogP contribution in [-0.2, 0) is 10.1 Å². The molecule has 0 saturated heterocycles. The summed E-state index contributed by atoms with van der Waals surface area (Å²) in [6.07, 6.45) is 7.22. The molecule has 0 spiro atoms. The molecule has 4 rings (SSSR count). The minimum atomic E-state index is -4.11. The highest BCUT2D eigenvalue weighted by Gasteiger charge is 2.49. The van der Waals surface area contributed by atoms with E-state index in [1.165, 1.54) is 21.9 Å². The molecule has 5 heteroatoms.